The molecule has 1 fully saturated rings. The fourth-order valence-electron chi connectivity index (χ4n) is 2.64. The topological polar surface area (TPSA) is 109 Å². The largest absolute Gasteiger partial charge is 0.497 e. The molecule has 0 bridgehead atoms. The van der Waals surface area contributed by atoms with Crippen LogP contribution in [0.3, 0.4) is 0 Å². The van der Waals surface area contributed by atoms with E-state index in [9.17, 15) is 15.3 Å². The first-order chi connectivity index (χ1) is 11.5. The van der Waals surface area contributed by atoms with Crippen LogP contribution in [0.25, 0.3) is 0 Å². The maximum absolute atomic E-state index is 9.96. The first-order valence-electron chi connectivity index (χ1n) is 8.05. The van der Waals surface area contributed by atoms with E-state index in [-0.39, 0.29) is 6.10 Å². The van der Waals surface area contributed by atoms with Gasteiger partial charge in [0.2, 0.25) is 0 Å². The highest BCUT2D eigenvalue weighted by atomic mass is 16.7. The quantitative estimate of drug-likeness (QED) is 0.545. The van der Waals surface area contributed by atoms with E-state index in [0.717, 1.165) is 17.7 Å². The summed E-state index contributed by atoms with van der Waals surface area (Å²) in [5.74, 6) is 0.796. The van der Waals surface area contributed by atoms with Crippen molar-refractivity contribution in [3.8, 4) is 5.75 Å². The van der Waals surface area contributed by atoms with Gasteiger partial charge in [0.05, 0.1) is 19.8 Å². The molecule has 7 nitrogen and oxygen atoms in total. The van der Waals surface area contributed by atoms with Crippen LogP contribution in [0.15, 0.2) is 24.3 Å². The number of rotatable bonds is 7. The zero-order valence-corrected chi connectivity index (χ0v) is 13.9. The van der Waals surface area contributed by atoms with E-state index in [1.807, 2.05) is 31.2 Å². The monoisotopic (exact) mass is 342 g/mol. The van der Waals surface area contributed by atoms with Crippen molar-refractivity contribution in [2.24, 2.45) is 0 Å². The lowest BCUT2D eigenvalue weighted by molar-refractivity contribution is -0.310. The van der Waals surface area contributed by atoms with Crippen LogP contribution < -0.4 is 4.74 Å². The molecule has 7 heteroatoms. The third-order valence-corrected chi connectivity index (χ3v) is 4.21. The van der Waals surface area contributed by atoms with E-state index in [0.29, 0.717) is 6.42 Å². The lowest BCUT2D eigenvalue weighted by atomic mass is 9.99. The summed E-state index contributed by atoms with van der Waals surface area (Å²) >= 11 is 0. The van der Waals surface area contributed by atoms with Crippen molar-refractivity contribution in [2.45, 2.75) is 56.6 Å². The number of benzene rings is 1. The van der Waals surface area contributed by atoms with Gasteiger partial charge in [-0.3, -0.25) is 0 Å². The molecule has 2 rings (SSSR count). The maximum Gasteiger partial charge on any atom is 0.186 e. The Hall–Kier alpha value is -1.22. The molecule has 6 atom stereocenters. The lowest BCUT2D eigenvalue weighted by Gasteiger charge is -2.40. The molecule has 1 aliphatic rings. The van der Waals surface area contributed by atoms with Gasteiger partial charge in [-0.05, 0) is 37.5 Å². The van der Waals surface area contributed by atoms with Crippen molar-refractivity contribution in [1.29, 1.82) is 0 Å². The Kier molecular flexibility index (Phi) is 6.97. The molecule has 1 aromatic carbocycles. The maximum atomic E-state index is 9.96. The molecule has 0 aromatic heterocycles. The SMILES string of the molecule is COc1ccc(CC[C@@H](C)O[C@@H]2O[C@H](CO)[C@@H](O)[C@H](O)[C@H]2O)cc1. The smallest absolute Gasteiger partial charge is 0.186 e. The van der Waals surface area contributed by atoms with E-state index in [1.165, 1.54) is 0 Å². The van der Waals surface area contributed by atoms with E-state index in [2.05, 4.69) is 0 Å². The van der Waals surface area contributed by atoms with Crippen LogP contribution in [0.5, 0.6) is 5.75 Å². The number of ether oxygens (including phenoxy) is 3. The minimum atomic E-state index is -1.42. The van der Waals surface area contributed by atoms with Crippen LogP contribution in [0, 0.1) is 0 Å². The van der Waals surface area contributed by atoms with Gasteiger partial charge >= 0.3 is 0 Å². The van der Waals surface area contributed by atoms with Crippen molar-refractivity contribution in [3.63, 3.8) is 0 Å². The van der Waals surface area contributed by atoms with Gasteiger partial charge in [-0.15, -0.1) is 0 Å². The first-order valence-corrected chi connectivity index (χ1v) is 8.05. The third-order valence-electron chi connectivity index (χ3n) is 4.21. The van der Waals surface area contributed by atoms with Crippen molar-refractivity contribution in [2.75, 3.05) is 13.7 Å². The van der Waals surface area contributed by atoms with Crippen molar-refractivity contribution >= 4 is 0 Å². The average Bonchev–Trinajstić information content (AvgIpc) is 2.60. The van der Waals surface area contributed by atoms with Crippen LogP contribution in [-0.4, -0.2) is 71.0 Å². The second-order valence-corrected chi connectivity index (χ2v) is 6.03. The Balaban J connectivity index is 1.85. The molecule has 1 saturated heterocycles. The summed E-state index contributed by atoms with van der Waals surface area (Å²) in [6.45, 7) is 1.37. The molecule has 0 unspecified atom stereocenters. The van der Waals surface area contributed by atoms with Gasteiger partial charge in [0.15, 0.2) is 6.29 Å². The molecule has 1 aliphatic heterocycles. The standard InChI is InChI=1S/C17H26O7/c1-10(3-4-11-5-7-12(22-2)8-6-11)23-17-16(21)15(20)14(19)13(9-18)24-17/h5-8,10,13-21H,3-4,9H2,1-2H3/t10-,13-,14-,15+,16-,17-/m1/s1. The van der Waals surface area contributed by atoms with Gasteiger partial charge in [0, 0.05) is 0 Å². The third kappa shape index (κ3) is 4.66. The van der Waals surface area contributed by atoms with Crippen LogP contribution in [-0.2, 0) is 15.9 Å². The van der Waals surface area contributed by atoms with Crippen LogP contribution >= 0.6 is 0 Å². The summed E-state index contributed by atoms with van der Waals surface area (Å²) in [5, 5.41) is 38.6. The summed E-state index contributed by atoms with van der Waals surface area (Å²) in [6, 6.07) is 7.72. The highest BCUT2D eigenvalue weighted by molar-refractivity contribution is 5.27. The number of aliphatic hydroxyl groups excluding tert-OH is 4. The van der Waals surface area contributed by atoms with Gasteiger partial charge < -0.3 is 34.6 Å². The Labute approximate surface area is 141 Å². The predicted octanol–water partition coefficient (Wildman–Crippen LogP) is -0.167. The fourth-order valence-corrected chi connectivity index (χ4v) is 2.64. The number of aliphatic hydroxyl groups is 4. The van der Waals surface area contributed by atoms with Gasteiger partial charge in [0.25, 0.3) is 0 Å². The lowest BCUT2D eigenvalue weighted by Crippen LogP contribution is -2.59. The molecule has 0 saturated carbocycles. The van der Waals surface area contributed by atoms with Crippen LogP contribution in [0.2, 0.25) is 0 Å². The summed E-state index contributed by atoms with van der Waals surface area (Å²) in [4.78, 5) is 0. The number of methoxy groups -OCH3 is 1. The first kappa shape index (κ1) is 19.1. The number of hydrogen-bond acceptors (Lipinski definition) is 7. The molecule has 1 aromatic rings. The Morgan fingerprint density at radius 1 is 1.08 bits per heavy atom. The highest BCUT2D eigenvalue weighted by Gasteiger charge is 2.44. The Morgan fingerprint density at radius 3 is 2.33 bits per heavy atom. The number of aryl methyl sites for hydroxylation is 1. The fraction of sp³-hybridized carbons (Fsp3) is 0.647. The average molecular weight is 342 g/mol. The second-order valence-electron chi connectivity index (χ2n) is 6.03. The molecule has 0 aliphatic carbocycles. The number of hydrogen-bond donors (Lipinski definition) is 4. The summed E-state index contributed by atoms with van der Waals surface area (Å²) in [5.41, 5.74) is 1.13. The van der Waals surface area contributed by atoms with Gasteiger partial charge in [-0.1, -0.05) is 12.1 Å². The molecule has 4 N–H and O–H groups in total. The second kappa shape index (κ2) is 8.75. The van der Waals surface area contributed by atoms with Crippen LogP contribution in [0.4, 0.5) is 0 Å². The van der Waals surface area contributed by atoms with Crippen molar-refractivity contribution < 1.29 is 34.6 Å². The summed E-state index contributed by atoms with van der Waals surface area (Å²) in [7, 11) is 1.62. The summed E-state index contributed by atoms with van der Waals surface area (Å²) in [6.07, 6.45) is -5.01. The molecule has 136 valence electrons. The minimum Gasteiger partial charge on any atom is -0.497 e. The van der Waals surface area contributed by atoms with Gasteiger partial charge in [0.1, 0.15) is 30.2 Å². The van der Waals surface area contributed by atoms with E-state index < -0.39 is 37.3 Å². The Morgan fingerprint density at radius 2 is 1.75 bits per heavy atom. The molecular formula is C17H26O7. The molecular weight excluding hydrogens is 316 g/mol. The zero-order chi connectivity index (χ0) is 17.7. The molecule has 24 heavy (non-hydrogen) atoms. The molecule has 0 spiro atoms. The zero-order valence-electron chi connectivity index (χ0n) is 13.9. The Bertz CT molecular complexity index is 490. The minimum absolute atomic E-state index is 0.242. The van der Waals surface area contributed by atoms with Gasteiger partial charge in [-0.2, -0.15) is 0 Å². The van der Waals surface area contributed by atoms with E-state index in [1.54, 1.807) is 7.11 Å². The highest BCUT2D eigenvalue weighted by Crippen LogP contribution is 2.24. The van der Waals surface area contributed by atoms with E-state index >= 15 is 0 Å². The van der Waals surface area contributed by atoms with Crippen molar-refractivity contribution in [1.82, 2.24) is 0 Å². The molecule has 0 radical (unpaired) electrons. The normalized spacial score (nSPS) is 31.7. The molecule has 1 heterocycles. The van der Waals surface area contributed by atoms with E-state index in [4.69, 9.17) is 19.3 Å². The molecule has 0 amide bonds. The predicted molar refractivity (Wildman–Crippen MR) is 85.6 cm³/mol. The van der Waals surface area contributed by atoms with Crippen molar-refractivity contribution in [3.05, 3.63) is 29.8 Å². The van der Waals surface area contributed by atoms with Gasteiger partial charge in [-0.25, -0.2) is 0 Å². The van der Waals surface area contributed by atoms with Crippen LogP contribution in [0.1, 0.15) is 18.9 Å². The summed E-state index contributed by atoms with van der Waals surface area (Å²) < 4.78 is 16.1.